The number of nitrogens with one attached hydrogen (secondary N) is 2. The van der Waals surface area contributed by atoms with Crippen molar-refractivity contribution in [3.8, 4) is 0 Å². The molecule has 4 heterocycles. The normalized spacial score (nSPS) is 17.0. The molecule has 1 atom stereocenters. The van der Waals surface area contributed by atoms with E-state index in [-0.39, 0.29) is 11.8 Å². The van der Waals surface area contributed by atoms with E-state index >= 15 is 0 Å². The SMILES string of the molecule is COC1C(=O)N(c2ccc(NC(=O)c3ccnc(N4CCOCC4)c3)cc2Cl)Cc2ccc(NCCN(C)C)nc21. The average Bonchev–Trinajstić information content (AvgIpc) is 2.97. The van der Waals surface area contributed by atoms with Crippen molar-refractivity contribution in [2.75, 3.05) is 81.0 Å². The number of methoxy groups -OCH3 is 1. The number of carbonyl (C=O) groups excluding carboxylic acids is 2. The Morgan fingerprint density at radius 3 is 2.71 bits per heavy atom. The van der Waals surface area contributed by atoms with Gasteiger partial charge in [0.05, 0.1) is 36.2 Å². The third-order valence-electron chi connectivity index (χ3n) is 7.02. The third kappa shape index (κ3) is 6.59. The summed E-state index contributed by atoms with van der Waals surface area (Å²) in [5.41, 5.74) is 2.98. The molecule has 0 aliphatic carbocycles. The lowest BCUT2D eigenvalue weighted by atomic mass is 10.0. The molecule has 11 nitrogen and oxygen atoms in total. The van der Waals surface area contributed by atoms with E-state index in [1.807, 2.05) is 26.2 Å². The Kier molecular flexibility index (Phi) is 8.99. The molecule has 0 spiro atoms. The van der Waals surface area contributed by atoms with Gasteiger partial charge in [0.2, 0.25) is 0 Å². The summed E-state index contributed by atoms with van der Waals surface area (Å²) in [5.74, 6) is 0.883. The molecule has 0 radical (unpaired) electrons. The highest BCUT2D eigenvalue weighted by Gasteiger charge is 2.36. The van der Waals surface area contributed by atoms with E-state index in [1.165, 1.54) is 7.11 Å². The maximum absolute atomic E-state index is 13.5. The zero-order valence-electron chi connectivity index (χ0n) is 23.4. The van der Waals surface area contributed by atoms with Crippen LogP contribution in [-0.4, -0.2) is 87.3 Å². The molecule has 12 heteroatoms. The highest BCUT2D eigenvalue weighted by Crippen LogP contribution is 2.37. The minimum absolute atomic E-state index is 0.260. The number of hydrogen-bond donors (Lipinski definition) is 2. The van der Waals surface area contributed by atoms with Crippen molar-refractivity contribution >= 4 is 46.4 Å². The maximum atomic E-state index is 13.5. The number of anilines is 4. The van der Waals surface area contributed by atoms with Crippen LogP contribution in [-0.2, 0) is 20.8 Å². The first-order chi connectivity index (χ1) is 19.8. The number of morpholine rings is 1. The molecule has 1 fully saturated rings. The number of nitrogens with zero attached hydrogens (tertiary/aromatic N) is 5. The molecular formula is C29H34ClN7O4. The van der Waals surface area contributed by atoms with Crippen LogP contribution in [0.1, 0.15) is 27.7 Å². The van der Waals surface area contributed by atoms with Crippen LogP contribution in [0.5, 0.6) is 0 Å². The number of aromatic nitrogens is 2. The minimum Gasteiger partial charge on any atom is -0.378 e. The Bertz CT molecular complexity index is 1410. The topological polar surface area (TPSA) is 112 Å². The van der Waals surface area contributed by atoms with Crippen molar-refractivity contribution in [3.63, 3.8) is 0 Å². The van der Waals surface area contributed by atoms with E-state index in [2.05, 4.69) is 30.4 Å². The van der Waals surface area contributed by atoms with Crippen molar-refractivity contribution < 1.29 is 19.1 Å². The van der Waals surface area contributed by atoms with E-state index in [0.29, 0.717) is 53.2 Å². The highest BCUT2D eigenvalue weighted by atomic mass is 35.5. The van der Waals surface area contributed by atoms with E-state index in [9.17, 15) is 9.59 Å². The lowest BCUT2D eigenvalue weighted by Crippen LogP contribution is -2.41. The fourth-order valence-electron chi connectivity index (χ4n) is 4.83. The number of halogens is 1. The number of rotatable bonds is 9. The molecule has 1 saturated heterocycles. The fourth-order valence-corrected chi connectivity index (χ4v) is 5.11. The van der Waals surface area contributed by atoms with Gasteiger partial charge in [-0.15, -0.1) is 0 Å². The number of fused-ring (bicyclic) bond motifs is 1. The summed E-state index contributed by atoms with van der Waals surface area (Å²) >= 11 is 6.67. The van der Waals surface area contributed by atoms with Crippen LogP contribution in [0.25, 0.3) is 0 Å². The summed E-state index contributed by atoms with van der Waals surface area (Å²) in [7, 11) is 5.50. The highest BCUT2D eigenvalue weighted by molar-refractivity contribution is 6.34. The second-order valence-corrected chi connectivity index (χ2v) is 10.5. The van der Waals surface area contributed by atoms with Gasteiger partial charge >= 0.3 is 0 Å². The summed E-state index contributed by atoms with van der Waals surface area (Å²) in [6, 6.07) is 12.4. The molecule has 1 aromatic carbocycles. The van der Waals surface area contributed by atoms with Gasteiger partial charge in [-0.3, -0.25) is 9.59 Å². The predicted octanol–water partition coefficient (Wildman–Crippen LogP) is 3.43. The summed E-state index contributed by atoms with van der Waals surface area (Å²) in [5, 5.41) is 6.51. The first-order valence-corrected chi connectivity index (χ1v) is 13.8. The van der Waals surface area contributed by atoms with E-state index < -0.39 is 6.10 Å². The zero-order chi connectivity index (χ0) is 28.9. The number of benzene rings is 1. The molecular weight excluding hydrogens is 546 g/mol. The van der Waals surface area contributed by atoms with E-state index in [1.54, 1.807) is 41.4 Å². The van der Waals surface area contributed by atoms with Gasteiger partial charge in [-0.2, -0.15) is 0 Å². The van der Waals surface area contributed by atoms with Gasteiger partial charge in [0.15, 0.2) is 6.10 Å². The molecule has 2 aromatic heterocycles. The van der Waals surface area contributed by atoms with Gasteiger partial charge < -0.3 is 34.8 Å². The quantitative estimate of drug-likeness (QED) is 0.394. The van der Waals surface area contributed by atoms with Crippen LogP contribution in [0.15, 0.2) is 48.7 Å². The largest absolute Gasteiger partial charge is 0.378 e. The lowest BCUT2D eigenvalue weighted by molar-refractivity contribution is -0.129. The van der Waals surface area contributed by atoms with E-state index in [4.69, 9.17) is 21.1 Å². The number of amides is 2. The zero-order valence-corrected chi connectivity index (χ0v) is 24.1. The molecule has 0 saturated carbocycles. The lowest BCUT2D eigenvalue weighted by Gasteiger charge is -2.33. The molecule has 0 bridgehead atoms. The Balaban J connectivity index is 1.30. The molecule has 1 unspecified atom stereocenters. The number of likely N-dealkylation sites (N-methyl/N-ethyl adjacent to an activating group) is 1. The van der Waals surface area contributed by atoms with Crippen LogP contribution in [0.4, 0.5) is 23.0 Å². The van der Waals surface area contributed by atoms with Crippen molar-refractivity contribution in [2.24, 2.45) is 0 Å². The van der Waals surface area contributed by atoms with Crippen LogP contribution in [0, 0.1) is 0 Å². The maximum Gasteiger partial charge on any atom is 0.262 e. The molecule has 41 heavy (non-hydrogen) atoms. The fraction of sp³-hybridized carbons (Fsp3) is 0.379. The van der Waals surface area contributed by atoms with E-state index in [0.717, 1.165) is 37.6 Å². The predicted molar refractivity (Wildman–Crippen MR) is 159 cm³/mol. The van der Waals surface area contributed by atoms with Crippen LogP contribution in [0.2, 0.25) is 5.02 Å². The third-order valence-corrected chi connectivity index (χ3v) is 7.32. The van der Waals surface area contributed by atoms with Crippen molar-refractivity contribution in [1.29, 1.82) is 0 Å². The first kappa shape index (κ1) is 28.7. The Hall–Kier alpha value is -3.77. The monoisotopic (exact) mass is 579 g/mol. The molecule has 3 aromatic rings. The average molecular weight is 580 g/mol. The Labute approximate surface area is 244 Å². The summed E-state index contributed by atoms with van der Waals surface area (Å²) in [6.45, 7) is 4.59. The molecule has 2 aliphatic heterocycles. The standard InChI is InChI=1S/C29H34ClN7O4/c1-35(2)11-10-31-24-7-4-20-18-37(29(39)27(40-3)26(20)34-24)23-6-5-21(17-22(23)30)33-28(38)19-8-9-32-25(16-19)36-12-14-41-15-13-36/h4-9,16-17,27H,10-15,18H2,1-3H3,(H,31,34)(H,33,38). The smallest absolute Gasteiger partial charge is 0.262 e. The molecule has 216 valence electrons. The van der Waals surface area contributed by atoms with Gasteiger partial charge in [0.1, 0.15) is 11.6 Å². The van der Waals surface area contributed by atoms with Crippen molar-refractivity contribution in [1.82, 2.24) is 14.9 Å². The van der Waals surface area contributed by atoms with Gasteiger partial charge in [0, 0.05) is 50.7 Å². The number of carbonyl (C=O) groups is 2. The first-order valence-electron chi connectivity index (χ1n) is 13.5. The Morgan fingerprint density at radius 2 is 1.98 bits per heavy atom. The van der Waals surface area contributed by atoms with Crippen LogP contribution >= 0.6 is 11.6 Å². The summed E-state index contributed by atoms with van der Waals surface area (Å²) < 4.78 is 11.0. The summed E-state index contributed by atoms with van der Waals surface area (Å²) in [6.07, 6.45) is 0.761. The number of ether oxygens (including phenoxy) is 2. The number of pyridine rings is 2. The molecule has 2 aliphatic rings. The van der Waals surface area contributed by atoms with Crippen molar-refractivity contribution in [2.45, 2.75) is 12.6 Å². The van der Waals surface area contributed by atoms with Gasteiger partial charge in [-0.05, 0) is 56.1 Å². The second kappa shape index (κ2) is 12.8. The number of hydrogen-bond acceptors (Lipinski definition) is 9. The molecule has 2 N–H and O–H groups in total. The van der Waals surface area contributed by atoms with Crippen molar-refractivity contribution in [3.05, 3.63) is 70.5 Å². The molecule has 5 rings (SSSR count). The molecule has 2 amide bonds. The summed E-state index contributed by atoms with van der Waals surface area (Å²) in [4.78, 5) is 41.3. The van der Waals surface area contributed by atoms with Crippen LogP contribution < -0.4 is 20.4 Å². The van der Waals surface area contributed by atoms with Gasteiger partial charge in [0.25, 0.3) is 11.8 Å². The van der Waals surface area contributed by atoms with Gasteiger partial charge in [-0.25, -0.2) is 9.97 Å². The second-order valence-electron chi connectivity index (χ2n) is 10.1. The minimum atomic E-state index is -0.864. The van der Waals surface area contributed by atoms with Gasteiger partial charge in [-0.1, -0.05) is 17.7 Å². The Morgan fingerprint density at radius 1 is 1.17 bits per heavy atom. The van der Waals surface area contributed by atoms with Crippen LogP contribution in [0.3, 0.4) is 0 Å².